The number of thiazole rings is 1. The van der Waals surface area contributed by atoms with E-state index in [1.165, 1.54) is 4.88 Å². The molecule has 1 atom stereocenters. The van der Waals surface area contributed by atoms with Crippen molar-refractivity contribution in [3.05, 3.63) is 40.3 Å². The topological polar surface area (TPSA) is 59.1 Å². The Balaban J connectivity index is 2.27. The van der Waals surface area contributed by atoms with Gasteiger partial charge in [0.15, 0.2) is 9.84 Å². The predicted octanol–water partition coefficient (Wildman–Crippen LogP) is 3.67. The van der Waals surface area contributed by atoms with E-state index >= 15 is 0 Å². The van der Waals surface area contributed by atoms with Crippen LogP contribution in [0.1, 0.15) is 36.7 Å². The van der Waals surface area contributed by atoms with Crippen molar-refractivity contribution in [2.75, 3.05) is 11.1 Å². The lowest BCUT2D eigenvalue weighted by molar-refractivity contribution is 0.597. The number of aryl methyl sites for hydroxylation is 1. The molecule has 1 heterocycles. The first kappa shape index (κ1) is 16.0. The number of anilines is 1. The van der Waals surface area contributed by atoms with E-state index in [2.05, 4.69) is 17.2 Å². The van der Waals surface area contributed by atoms with Gasteiger partial charge < -0.3 is 5.32 Å². The van der Waals surface area contributed by atoms with E-state index in [1.54, 1.807) is 36.5 Å². The van der Waals surface area contributed by atoms with Crippen molar-refractivity contribution < 1.29 is 8.42 Å². The van der Waals surface area contributed by atoms with Gasteiger partial charge in [0.05, 0.1) is 22.4 Å². The quantitative estimate of drug-likeness (QED) is 0.880. The summed E-state index contributed by atoms with van der Waals surface area (Å²) in [5, 5.41) is 4.24. The molecule has 0 bridgehead atoms. The molecule has 4 nitrogen and oxygen atoms in total. The van der Waals surface area contributed by atoms with Crippen molar-refractivity contribution in [2.45, 2.75) is 38.1 Å². The minimum atomic E-state index is -3.24. The number of sulfone groups is 1. The molecule has 0 amide bonds. The van der Waals surface area contributed by atoms with Crippen LogP contribution in [0.2, 0.25) is 0 Å². The van der Waals surface area contributed by atoms with E-state index < -0.39 is 9.84 Å². The summed E-state index contributed by atoms with van der Waals surface area (Å²) in [5.41, 5.74) is 0.639. The van der Waals surface area contributed by atoms with Gasteiger partial charge in [0, 0.05) is 11.1 Å². The summed E-state index contributed by atoms with van der Waals surface area (Å²) < 4.78 is 24.3. The molecule has 0 saturated heterocycles. The average Bonchev–Trinajstić information content (AvgIpc) is 2.96. The zero-order chi connectivity index (χ0) is 15.5. The predicted molar refractivity (Wildman–Crippen MR) is 87.7 cm³/mol. The van der Waals surface area contributed by atoms with Crippen LogP contribution in [0.4, 0.5) is 5.69 Å². The fraction of sp³-hybridized carbons (Fsp3) is 0.400. The van der Waals surface area contributed by atoms with E-state index in [-0.39, 0.29) is 11.8 Å². The zero-order valence-electron chi connectivity index (χ0n) is 12.5. The SMILES string of the molecule is CCc1cnc(C(C)Nc2ccccc2S(=O)(=O)CC)s1. The third-order valence-corrected chi connectivity index (χ3v) is 6.38. The first-order valence-corrected chi connectivity index (χ1v) is 9.47. The van der Waals surface area contributed by atoms with Gasteiger partial charge in [-0.3, -0.25) is 0 Å². The summed E-state index contributed by atoms with van der Waals surface area (Å²) in [6.45, 7) is 5.75. The maximum absolute atomic E-state index is 12.1. The molecule has 0 aliphatic rings. The van der Waals surface area contributed by atoms with Crippen molar-refractivity contribution in [1.82, 2.24) is 4.98 Å². The molecule has 1 aromatic carbocycles. The highest BCUT2D eigenvalue weighted by molar-refractivity contribution is 7.91. The minimum absolute atomic E-state index is 0.0245. The number of hydrogen-bond acceptors (Lipinski definition) is 5. The molecule has 114 valence electrons. The van der Waals surface area contributed by atoms with Crippen LogP contribution in [-0.4, -0.2) is 19.2 Å². The number of nitrogens with zero attached hydrogens (tertiary/aromatic N) is 1. The van der Waals surface area contributed by atoms with Crippen molar-refractivity contribution >= 4 is 26.9 Å². The second kappa shape index (κ2) is 6.58. The van der Waals surface area contributed by atoms with Crippen molar-refractivity contribution in [2.24, 2.45) is 0 Å². The standard InChI is InChI=1S/C15H20N2O2S2/c1-4-12-10-16-15(20-12)11(3)17-13-8-6-7-9-14(13)21(18,19)5-2/h6-11,17H,4-5H2,1-3H3. The molecule has 1 N–H and O–H groups in total. The van der Waals surface area contributed by atoms with Crippen LogP contribution in [0.3, 0.4) is 0 Å². The van der Waals surface area contributed by atoms with Gasteiger partial charge in [-0.2, -0.15) is 0 Å². The Hall–Kier alpha value is -1.40. The fourth-order valence-corrected chi connectivity index (χ4v) is 3.91. The first-order chi connectivity index (χ1) is 9.97. The van der Waals surface area contributed by atoms with Crippen molar-refractivity contribution in [3.63, 3.8) is 0 Å². The minimum Gasteiger partial charge on any atom is -0.375 e. The smallest absolute Gasteiger partial charge is 0.180 e. The third kappa shape index (κ3) is 3.63. The molecule has 2 rings (SSSR count). The molecule has 0 spiro atoms. The molecule has 0 radical (unpaired) electrons. The molecular formula is C15H20N2O2S2. The Morgan fingerprint density at radius 1 is 1.29 bits per heavy atom. The second-order valence-electron chi connectivity index (χ2n) is 4.78. The van der Waals surface area contributed by atoms with Crippen LogP contribution in [0.5, 0.6) is 0 Å². The van der Waals surface area contributed by atoms with Gasteiger partial charge in [0.1, 0.15) is 5.01 Å². The summed E-state index contributed by atoms with van der Waals surface area (Å²) >= 11 is 1.66. The van der Waals surface area contributed by atoms with E-state index in [9.17, 15) is 8.42 Å². The van der Waals surface area contributed by atoms with Crippen LogP contribution in [0.15, 0.2) is 35.4 Å². The van der Waals surface area contributed by atoms with Crippen LogP contribution in [0.25, 0.3) is 0 Å². The molecule has 2 aromatic rings. The Morgan fingerprint density at radius 2 is 2.00 bits per heavy atom. The van der Waals surface area contributed by atoms with Crippen LogP contribution in [-0.2, 0) is 16.3 Å². The van der Waals surface area contributed by atoms with Crippen LogP contribution < -0.4 is 5.32 Å². The molecule has 1 aromatic heterocycles. The Bertz CT molecular complexity index is 708. The Kier molecular flexibility index (Phi) is 5.00. The number of hydrogen-bond donors (Lipinski definition) is 1. The number of aromatic nitrogens is 1. The number of nitrogens with one attached hydrogen (secondary N) is 1. The monoisotopic (exact) mass is 324 g/mol. The lowest BCUT2D eigenvalue weighted by Crippen LogP contribution is -2.12. The lowest BCUT2D eigenvalue weighted by Gasteiger charge is -2.16. The van der Waals surface area contributed by atoms with Gasteiger partial charge in [-0.25, -0.2) is 13.4 Å². The highest BCUT2D eigenvalue weighted by Crippen LogP contribution is 2.28. The van der Waals surface area contributed by atoms with E-state index in [1.807, 2.05) is 19.2 Å². The van der Waals surface area contributed by atoms with Gasteiger partial charge >= 0.3 is 0 Å². The highest BCUT2D eigenvalue weighted by Gasteiger charge is 2.18. The molecule has 6 heteroatoms. The summed E-state index contributed by atoms with van der Waals surface area (Å²) in [6.07, 6.45) is 2.85. The normalized spacial score (nSPS) is 13.1. The number of benzene rings is 1. The first-order valence-electron chi connectivity index (χ1n) is 7.00. The Labute approximate surface area is 130 Å². The van der Waals surface area contributed by atoms with Gasteiger partial charge in [0.2, 0.25) is 0 Å². The van der Waals surface area contributed by atoms with Gasteiger partial charge in [-0.05, 0) is 25.5 Å². The maximum atomic E-state index is 12.1. The largest absolute Gasteiger partial charge is 0.375 e. The van der Waals surface area contributed by atoms with Crippen molar-refractivity contribution in [3.8, 4) is 0 Å². The Morgan fingerprint density at radius 3 is 2.62 bits per heavy atom. The van der Waals surface area contributed by atoms with E-state index in [4.69, 9.17) is 0 Å². The van der Waals surface area contributed by atoms with Gasteiger partial charge in [-0.1, -0.05) is 26.0 Å². The van der Waals surface area contributed by atoms with Crippen LogP contribution >= 0.6 is 11.3 Å². The van der Waals surface area contributed by atoms with Gasteiger partial charge in [0.25, 0.3) is 0 Å². The summed E-state index contributed by atoms with van der Waals surface area (Å²) in [6, 6.07) is 7.00. The number of rotatable bonds is 6. The molecule has 21 heavy (non-hydrogen) atoms. The third-order valence-electron chi connectivity index (χ3n) is 3.26. The summed E-state index contributed by atoms with van der Waals surface area (Å²) in [5.74, 6) is 0.0946. The lowest BCUT2D eigenvalue weighted by atomic mass is 10.2. The molecule has 0 fully saturated rings. The molecule has 1 unspecified atom stereocenters. The van der Waals surface area contributed by atoms with Crippen LogP contribution in [0, 0.1) is 0 Å². The number of para-hydroxylation sites is 1. The molecular weight excluding hydrogens is 304 g/mol. The molecule has 0 aliphatic heterocycles. The highest BCUT2D eigenvalue weighted by atomic mass is 32.2. The average molecular weight is 324 g/mol. The second-order valence-corrected chi connectivity index (χ2v) is 8.18. The molecule has 0 saturated carbocycles. The van der Waals surface area contributed by atoms with E-state index in [0.717, 1.165) is 11.4 Å². The summed E-state index contributed by atoms with van der Waals surface area (Å²) in [4.78, 5) is 5.98. The van der Waals surface area contributed by atoms with Gasteiger partial charge in [-0.15, -0.1) is 11.3 Å². The van der Waals surface area contributed by atoms with Crippen molar-refractivity contribution in [1.29, 1.82) is 0 Å². The van der Waals surface area contributed by atoms with E-state index in [0.29, 0.717) is 10.6 Å². The molecule has 0 aliphatic carbocycles. The fourth-order valence-electron chi connectivity index (χ4n) is 1.99. The maximum Gasteiger partial charge on any atom is 0.180 e. The summed E-state index contributed by atoms with van der Waals surface area (Å²) in [7, 11) is -3.24. The zero-order valence-corrected chi connectivity index (χ0v) is 14.1.